The van der Waals surface area contributed by atoms with Crippen LogP contribution in [0.2, 0.25) is 0 Å². The molecule has 1 heterocycles. The molecule has 3 heteroatoms. The molecule has 1 aromatic rings. The number of nitrogens with zero attached hydrogens (tertiary/aromatic N) is 2. The maximum absolute atomic E-state index is 4.33. The fourth-order valence-corrected chi connectivity index (χ4v) is 1.97. The van der Waals surface area contributed by atoms with E-state index in [9.17, 15) is 0 Å². The number of nitrogens with one attached hydrogen (secondary N) is 1. The van der Waals surface area contributed by atoms with E-state index in [0.717, 1.165) is 6.54 Å². The zero-order chi connectivity index (χ0) is 12.1. The van der Waals surface area contributed by atoms with E-state index in [-0.39, 0.29) is 0 Å². The van der Waals surface area contributed by atoms with Gasteiger partial charge in [-0.15, -0.1) is 0 Å². The molecule has 0 spiro atoms. The van der Waals surface area contributed by atoms with Crippen LogP contribution in [0.4, 0.5) is 0 Å². The molecule has 1 aromatic heterocycles. The highest BCUT2D eigenvalue weighted by atomic mass is 15.3. The molecule has 0 saturated heterocycles. The summed E-state index contributed by atoms with van der Waals surface area (Å²) in [5.41, 5.74) is 2.62. The summed E-state index contributed by atoms with van der Waals surface area (Å²) in [5, 5.41) is 7.95. The maximum Gasteiger partial charge on any atom is 0.0540 e. The molecular weight excluding hydrogens is 198 g/mol. The van der Waals surface area contributed by atoms with Crippen LogP contribution in [0, 0.1) is 12.8 Å². The lowest BCUT2D eigenvalue weighted by molar-refractivity contribution is 0.428. The molecule has 0 saturated carbocycles. The van der Waals surface area contributed by atoms with Crippen molar-refractivity contribution in [2.75, 3.05) is 6.54 Å². The third kappa shape index (κ3) is 3.34. The third-order valence-corrected chi connectivity index (χ3v) is 3.00. The minimum atomic E-state index is 0.452. The van der Waals surface area contributed by atoms with Crippen LogP contribution in [-0.2, 0) is 7.05 Å². The Kier molecular flexibility index (Phi) is 5.00. The van der Waals surface area contributed by atoms with Gasteiger partial charge in [0.05, 0.1) is 6.20 Å². The molecule has 1 atom stereocenters. The quantitative estimate of drug-likeness (QED) is 0.803. The summed E-state index contributed by atoms with van der Waals surface area (Å²) in [6.07, 6.45) is 4.35. The highest BCUT2D eigenvalue weighted by Gasteiger charge is 2.16. The monoisotopic (exact) mass is 223 g/mol. The Bertz CT molecular complexity index is 315. The summed E-state index contributed by atoms with van der Waals surface area (Å²) >= 11 is 0. The second kappa shape index (κ2) is 6.04. The largest absolute Gasteiger partial charge is 0.310 e. The number of hydrogen-bond acceptors (Lipinski definition) is 2. The van der Waals surface area contributed by atoms with Crippen molar-refractivity contribution >= 4 is 0 Å². The summed E-state index contributed by atoms with van der Waals surface area (Å²) in [7, 11) is 2.01. The van der Waals surface area contributed by atoms with Gasteiger partial charge in [-0.1, -0.05) is 20.8 Å². The molecule has 1 unspecified atom stereocenters. The van der Waals surface area contributed by atoms with Crippen LogP contribution in [0.5, 0.6) is 0 Å². The topological polar surface area (TPSA) is 29.9 Å². The van der Waals surface area contributed by atoms with Crippen molar-refractivity contribution in [1.82, 2.24) is 15.1 Å². The van der Waals surface area contributed by atoms with Gasteiger partial charge in [-0.05, 0) is 32.2 Å². The van der Waals surface area contributed by atoms with Gasteiger partial charge in [0, 0.05) is 24.3 Å². The summed E-state index contributed by atoms with van der Waals surface area (Å²) in [6.45, 7) is 9.96. The fraction of sp³-hybridized carbons (Fsp3) is 0.769. The van der Waals surface area contributed by atoms with Gasteiger partial charge in [-0.3, -0.25) is 4.68 Å². The molecule has 0 aliphatic rings. The normalized spacial score (nSPS) is 13.4. The molecule has 0 radical (unpaired) electrons. The molecule has 0 aromatic carbocycles. The molecule has 0 aliphatic heterocycles. The van der Waals surface area contributed by atoms with Crippen molar-refractivity contribution in [1.29, 1.82) is 0 Å². The van der Waals surface area contributed by atoms with Crippen molar-refractivity contribution in [3.8, 4) is 0 Å². The lowest BCUT2D eigenvalue weighted by atomic mass is 9.97. The fourth-order valence-electron chi connectivity index (χ4n) is 1.97. The summed E-state index contributed by atoms with van der Waals surface area (Å²) in [5.74, 6) is 0.703. The van der Waals surface area contributed by atoms with Gasteiger partial charge in [0.1, 0.15) is 0 Å². The van der Waals surface area contributed by atoms with E-state index >= 15 is 0 Å². The van der Waals surface area contributed by atoms with E-state index in [1.165, 1.54) is 24.1 Å². The molecule has 0 aliphatic carbocycles. The average molecular weight is 223 g/mol. The van der Waals surface area contributed by atoms with E-state index in [4.69, 9.17) is 0 Å². The first kappa shape index (κ1) is 13.2. The SMILES string of the molecule is CCCNC(CC(C)C)c1cnn(C)c1C. The van der Waals surface area contributed by atoms with E-state index in [2.05, 4.69) is 38.1 Å². The summed E-state index contributed by atoms with van der Waals surface area (Å²) in [4.78, 5) is 0. The Hall–Kier alpha value is -0.830. The molecule has 1 rings (SSSR count). The Morgan fingerprint density at radius 2 is 2.12 bits per heavy atom. The summed E-state index contributed by atoms with van der Waals surface area (Å²) in [6, 6.07) is 0.452. The van der Waals surface area contributed by atoms with Crippen LogP contribution in [0.25, 0.3) is 0 Å². The first-order valence-electron chi connectivity index (χ1n) is 6.28. The van der Waals surface area contributed by atoms with E-state index in [1.54, 1.807) is 0 Å². The van der Waals surface area contributed by atoms with Crippen LogP contribution >= 0.6 is 0 Å². The standard InChI is InChI=1S/C13H25N3/c1-6-7-14-13(8-10(2)3)12-9-15-16(5)11(12)4/h9-10,13-14H,6-8H2,1-5H3. The van der Waals surface area contributed by atoms with Gasteiger partial charge in [-0.25, -0.2) is 0 Å². The highest BCUT2D eigenvalue weighted by molar-refractivity contribution is 5.20. The minimum absolute atomic E-state index is 0.452. The molecule has 16 heavy (non-hydrogen) atoms. The van der Waals surface area contributed by atoms with Crippen LogP contribution < -0.4 is 5.32 Å². The first-order valence-corrected chi connectivity index (χ1v) is 6.28. The number of aromatic nitrogens is 2. The van der Waals surface area contributed by atoms with Crippen molar-refractivity contribution in [3.63, 3.8) is 0 Å². The second-order valence-corrected chi connectivity index (χ2v) is 4.95. The molecular formula is C13H25N3. The molecule has 0 fully saturated rings. The predicted molar refractivity (Wildman–Crippen MR) is 68.4 cm³/mol. The maximum atomic E-state index is 4.33. The Labute approximate surface area is 99.2 Å². The predicted octanol–water partition coefficient (Wildman–Crippen LogP) is 2.82. The lowest BCUT2D eigenvalue weighted by Crippen LogP contribution is -2.24. The van der Waals surface area contributed by atoms with E-state index in [0.29, 0.717) is 12.0 Å². The zero-order valence-electron chi connectivity index (χ0n) is 11.2. The van der Waals surface area contributed by atoms with Gasteiger partial charge >= 0.3 is 0 Å². The van der Waals surface area contributed by atoms with Crippen molar-refractivity contribution in [2.45, 2.75) is 46.6 Å². The molecule has 1 N–H and O–H groups in total. The molecule has 0 amide bonds. The van der Waals surface area contributed by atoms with E-state index in [1.807, 2.05) is 17.9 Å². The van der Waals surface area contributed by atoms with Crippen molar-refractivity contribution in [2.24, 2.45) is 13.0 Å². The smallest absolute Gasteiger partial charge is 0.0540 e. The number of hydrogen-bond donors (Lipinski definition) is 1. The van der Waals surface area contributed by atoms with Crippen molar-refractivity contribution in [3.05, 3.63) is 17.5 Å². The van der Waals surface area contributed by atoms with Crippen LogP contribution in [-0.4, -0.2) is 16.3 Å². The van der Waals surface area contributed by atoms with Gasteiger partial charge in [0.25, 0.3) is 0 Å². The number of aryl methyl sites for hydroxylation is 1. The molecule has 92 valence electrons. The molecule has 0 bridgehead atoms. The van der Waals surface area contributed by atoms with Gasteiger partial charge < -0.3 is 5.32 Å². The Balaban J connectivity index is 2.78. The first-order chi connectivity index (χ1) is 7.56. The minimum Gasteiger partial charge on any atom is -0.310 e. The Morgan fingerprint density at radius 3 is 2.56 bits per heavy atom. The third-order valence-electron chi connectivity index (χ3n) is 3.00. The highest BCUT2D eigenvalue weighted by Crippen LogP contribution is 2.23. The van der Waals surface area contributed by atoms with Crippen molar-refractivity contribution < 1.29 is 0 Å². The van der Waals surface area contributed by atoms with Gasteiger partial charge in [-0.2, -0.15) is 5.10 Å². The van der Waals surface area contributed by atoms with Crippen LogP contribution in [0.15, 0.2) is 6.20 Å². The second-order valence-electron chi connectivity index (χ2n) is 4.95. The Morgan fingerprint density at radius 1 is 1.44 bits per heavy atom. The molecule has 3 nitrogen and oxygen atoms in total. The van der Waals surface area contributed by atoms with Crippen LogP contribution in [0.1, 0.15) is 50.9 Å². The number of rotatable bonds is 6. The van der Waals surface area contributed by atoms with Gasteiger partial charge in [0.15, 0.2) is 0 Å². The van der Waals surface area contributed by atoms with E-state index < -0.39 is 0 Å². The average Bonchev–Trinajstić information content (AvgIpc) is 2.54. The van der Waals surface area contributed by atoms with Crippen LogP contribution in [0.3, 0.4) is 0 Å². The van der Waals surface area contributed by atoms with Gasteiger partial charge in [0.2, 0.25) is 0 Å². The summed E-state index contributed by atoms with van der Waals surface area (Å²) < 4.78 is 1.95. The lowest BCUT2D eigenvalue weighted by Gasteiger charge is -2.20. The zero-order valence-corrected chi connectivity index (χ0v) is 11.2.